The minimum atomic E-state index is -3.41. The summed E-state index contributed by atoms with van der Waals surface area (Å²) in [5, 5.41) is 3.20. The van der Waals surface area contributed by atoms with Crippen molar-refractivity contribution >= 4 is 33.0 Å². The van der Waals surface area contributed by atoms with Crippen molar-refractivity contribution in [3.05, 3.63) is 45.9 Å². The van der Waals surface area contributed by atoms with Crippen molar-refractivity contribution in [2.45, 2.75) is 43.4 Å². The molecule has 1 saturated heterocycles. The molecule has 2 aromatic rings. The highest BCUT2D eigenvalue weighted by Gasteiger charge is 2.30. The van der Waals surface area contributed by atoms with Crippen LogP contribution < -0.4 is 0 Å². The van der Waals surface area contributed by atoms with Crippen molar-refractivity contribution in [1.82, 2.24) is 9.29 Å². The zero-order valence-electron chi connectivity index (χ0n) is 14.3. The lowest BCUT2D eigenvalue weighted by atomic mass is 9.99. The third-order valence-electron chi connectivity index (χ3n) is 4.60. The van der Waals surface area contributed by atoms with Crippen LogP contribution in [0.1, 0.15) is 41.4 Å². The predicted octanol–water partition coefficient (Wildman–Crippen LogP) is 4.19. The number of halogens is 1. The van der Waals surface area contributed by atoms with E-state index in [2.05, 4.69) is 10.4 Å². The Kier molecular flexibility index (Phi) is 6.15. The van der Waals surface area contributed by atoms with Crippen molar-refractivity contribution in [3.8, 4) is 0 Å². The van der Waals surface area contributed by atoms with Crippen molar-refractivity contribution in [2.24, 2.45) is 0 Å². The number of hydrogen-bond acceptors (Lipinski definition) is 4. The first-order valence-electron chi connectivity index (χ1n) is 8.58. The Bertz CT molecular complexity index is 795. The number of aryl methyl sites for hydroxylation is 2. The van der Waals surface area contributed by atoms with Gasteiger partial charge in [0.25, 0.3) is 0 Å². The first kappa shape index (κ1) is 18.8. The minimum Gasteiger partial charge on any atom is -0.246 e. The molecular formula is C18H23ClN2O2S2. The van der Waals surface area contributed by atoms with Crippen molar-refractivity contribution in [1.29, 1.82) is 0 Å². The van der Waals surface area contributed by atoms with Gasteiger partial charge in [0.15, 0.2) is 0 Å². The average molecular weight is 399 g/mol. The first-order chi connectivity index (χ1) is 12.0. The molecule has 1 fully saturated rings. The Morgan fingerprint density at radius 1 is 1.24 bits per heavy atom. The summed E-state index contributed by atoms with van der Waals surface area (Å²) in [6.45, 7) is 3.11. The molecule has 1 aromatic carbocycles. The van der Waals surface area contributed by atoms with Gasteiger partial charge in [0.2, 0.25) is 10.0 Å². The number of sulfonamides is 1. The number of nitrogens with zero attached hydrogens (tertiary/aromatic N) is 2. The van der Waals surface area contributed by atoms with Crippen molar-refractivity contribution in [2.75, 3.05) is 19.0 Å². The Morgan fingerprint density at radius 3 is 2.48 bits per heavy atom. The van der Waals surface area contributed by atoms with Gasteiger partial charge in [-0.1, -0.05) is 12.1 Å². The molecule has 0 amide bonds. The van der Waals surface area contributed by atoms with E-state index in [4.69, 9.17) is 11.6 Å². The van der Waals surface area contributed by atoms with Gasteiger partial charge in [0.05, 0.1) is 9.90 Å². The van der Waals surface area contributed by atoms with Crippen LogP contribution in [0.2, 0.25) is 0 Å². The highest BCUT2D eigenvalue weighted by molar-refractivity contribution is 7.89. The lowest BCUT2D eigenvalue weighted by Crippen LogP contribution is -2.37. The molecule has 0 aliphatic carbocycles. The summed E-state index contributed by atoms with van der Waals surface area (Å²) >= 11 is 7.39. The highest BCUT2D eigenvalue weighted by Crippen LogP contribution is 2.32. The average Bonchev–Trinajstić information content (AvgIpc) is 3.07. The van der Waals surface area contributed by atoms with Crippen molar-refractivity contribution < 1.29 is 8.42 Å². The summed E-state index contributed by atoms with van der Waals surface area (Å²) in [5.74, 6) is 0.997. The Hall–Kier alpha value is -0.950. The summed E-state index contributed by atoms with van der Waals surface area (Å²) in [6, 6.07) is 7.22. The molecule has 3 rings (SSSR count). The van der Waals surface area contributed by atoms with Gasteiger partial charge in [-0.2, -0.15) is 4.31 Å². The number of alkyl halides is 1. The second-order valence-electron chi connectivity index (χ2n) is 6.44. The number of rotatable bonds is 6. The Balaban J connectivity index is 1.65. The minimum absolute atomic E-state index is 0.378. The van der Waals surface area contributed by atoms with E-state index in [1.165, 1.54) is 0 Å². The van der Waals surface area contributed by atoms with E-state index in [1.807, 2.05) is 19.1 Å². The van der Waals surface area contributed by atoms with Gasteiger partial charge in [-0.25, -0.2) is 13.4 Å². The molecule has 0 bridgehead atoms. The third kappa shape index (κ3) is 4.42. The molecule has 1 aliphatic rings. The van der Waals surface area contributed by atoms with Gasteiger partial charge in [-0.3, -0.25) is 0 Å². The van der Waals surface area contributed by atoms with E-state index in [0.29, 0.717) is 29.8 Å². The monoisotopic (exact) mass is 398 g/mol. The fourth-order valence-electron chi connectivity index (χ4n) is 3.15. The quantitative estimate of drug-likeness (QED) is 0.685. The highest BCUT2D eigenvalue weighted by atomic mass is 35.5. The van der Waals surface area contributed by atoms with Gasteiger partial charge < -0.3 is 0 Å². The normalized spacial score (nSPS) is 17.0. The van der Waals surface area contributed by atoms with Gasteiger partial charge in [-0.05, 0) is 50.3 Å². The molecule has 2 heterocycles. The maximum atomic E-state index is 12.9. The van der Waals surface area contributed by atoms with Gasteiger partial charge in [0.1, 0.15) is 0 Å². The Morgan fingerprint density at radius 2 is 1.92 bits per heavy atom. The molecule has 4 nitrogen and oxygen atoms in total. The second-order valence-corrected chi connectivity index (χ2v) is 9.65. The topological polar surface area (TPSA) is 50.3 Å². The van der Waals surface area contributed by atoms with Crippen LogP contribution in [0.4, 0.5) is 0 Å². The maximum absolute atomic E-state index is 12.9. The Labute approximate surface area is 158 Å². The zero-order chi connectivity index (χ0) is 17.9. The van der Waals surface area contributed by atoms with Crippen LogP contribution in [0.3, 0.4) is 0 Å². The van der Waals surface area contributed by atoms with E-state index in [-0.39, 0.29) is 0 Å². The molecule has 136 valence electrons. The summed E-state index contributed by atoms with van der Waals surface area (Å²) in [6.07, 6.45) is 3.44. The van der Waals surface area contributed by atoms with Crippen LogP contribution in [0.15, 0.2) is 34.5 Å². The zero-order valence-corrected chi connectivity index (χ0v) is 16.7. The number of hydrogen-bond donors (Lipinski definition) is 0. The fraction of sp³-hybridized carbons (Fsp3) is 0.500. The van der Waals surface area contributed by atoms with E-state index in [9.17, 15) is 8.42 Å². The molecule has 0 unspecified atom stereocenters. The first-order valence-corrected chi connectivity index (χ1v) is 11.4. The van der Waals surface area contributed by atoms with Crippen LogP contribution in [-0.4, -0.2) is 36.7 Å². The molecule has 0 atom stereocenters. The molecular weight excluding hydrogens is 376 g/mol. The molecule has 1 aromatic heterocycles. The van der Waals surface area contributed by atoms with E-state index >= 15 is 0 Å². The van der Waals surface area contributed by atoms with Crippen LogP contribution in [0.25, 0.3) is 0 Å². The SMILES string of the molecule is Cc1csc(C2CCN(S(=O)(=O)c3ccc(CCCCl)cc3)CC2)n1. The number of benzene rings is 1. The van der Waals surface area contributed by atoms with Gasteiger partial charge >= 0.3 is 0 Å². The number of thiazole rings is 1. The molecule has 7 heteroatoms. The van der Waals surface area contributed by atoms with E-state index < -0.39 is 10.0 Å². The largest absolute Gasteiger partial charge is 0.246 e. The smallest absolute Gasteiger partial charge is 0.243 e. The summed E-state index contributed by atoms with van der Waals surface area (Å²) < 4.78 is 27.3. The van der Waals surface area contributed by atoms with Gasteiger partial charge in [0, 0.05) is 36.0 Å². The molecule has 1 aliphatic heterocycles. The lowest BCUT2D eigenvalue weighted by molar-refractivity contribution is 0.319. The predicted molar refractivity (Wildman–Crippen MR) is 103 cm³/mol. The van der Waals surface area contributed by atoms with Crippen LogP contribution in [0.5, 0.6) is 0 Å². The molecule has 0 saturated carbocycles. The van der Waals surface area contributed by atoms with E-state index in [0.717, 1.165) is 41.9 Å². The summed E-state index contributed by atoms with van der Waals surface area (Å²) in [5.41, 5.74) is 2.17. The van der Waals surface area contributed by atoms with Crippen LogP contribution in [-0.2, 0) is 16.4 Å². The third-order valence-corrected chi connectivity index (χ3v) is 7.91. The summed E-state index contributed by atoms with van der Waals surface area (Å²) in [4.78, 5) is 4.94. The number of piperidine rings is 1. The molecule has 25 heavy (non-hydrogen) atoms. The van der Waals surface area contributed by atoms with Crippen molar-refractivity contribution in [3.63, 3.8) is 0 Å². The molecule has 0 N–H and O–H groups in total. The second kappa shape index (κ2) is 8.16. The van der Waals surface area contributed by atoms with E-state index in [1.54, 1.807) is 27.8 Å². The molecule has 0 spiro atoms. The number of aromatic nitrogens is 1. The van der Waals surface area contributed by atoms with Gasteiger partial charge in [-0.15, -0.1) is 22.9 Å². The van der Waals surface area contributed by atoms with Crippen LogP contribution in [0, 0.1) is 6.92 Å². The maximum Gasteiger partial charge on any atom is 0.243 e. The standard InChI is InChI=1S/C18H23ClN2O2S2/c1-14-13-24-18(20-14)16-8-11-21(12-9-16)25(22,23)17-6-4-15(5-7-17)3-2-10-19/h4-7,13,16H,2-3,8-12H2,1H3. The summed E-state index contributed by atoms with van der Waals surface area (Å²) in [7, 11) is -3.41. The molecule has 0 radical (unpaired) electrons. The fourth-order valence-corrected chi connectivity index (χ4v) is 5.72. The lowest BCUT2D eigenvalue weighted by Gasteiger charge is -2.30. The van der Waals surface area contributed by atoms with Crippen LogP contribution >= 0.6 is 22.9 Å².